The van der Waals surface area contributed by atoms with Gasteiger partial charge in [0.1, 0.15) is 5.60 Å². The van der Waals surface area contributed by atoms with Crippen LogP contribution in [-0.4, -0.2) is 36.0 Å². The van der Waals surface area contributed by atoms with E-state index < -0.39 is 41.7 Å². The van der Waals surface area contributed by atoms with Gasteiger partial charge < -0.3 is 14.8 Å². The van der Waals surface area contributed by atoms with Crippen LogP contribution in [0.25, 0.3) is 0 Å². The lowest BCUT2D eigenvalue weighted by molar-refractivity contribution is -0.166. The standard InChI is InChI=1S/C13H20F3NO4/c1-5-6-20-9(18)12(7-8(12)13(14,15)16)17-10(19)21-11(2,3)4/h8H,5-7H2,1-4H3,(H,17,19)/t8?,12-/m1/s1. The molecule has 122 valence electrons. The van der Waals surface area contributed by atoms with Crippen molar-refractivity contribution in [1.82, 2.24) is 5.32 Å². The second-order valence-electron chi connectivity index (χ2n) is 6.03. The van der Waals surface area contributed by atoms with Crippen LogP contribution in [0.2, 0.25) is 0 Å². The monoisotopic (exact) mass is 311 g/mol. The molecule has 1 aliphatic rings. The molecule has 0 bridgehead atoms. The number of alkyl halides is 3. The third-order valence-electron chi connectivity index (χ3n) is 2.88. The molecule has 1 unspecified atom stereocenters. The molecule has 2 atom stereocenters. The molecule has 1 fully saturated rings. The maximum Gasteiger partial charge on any atom is 0.408 e. The highest BCUT2D eigenvalue weighted by Crippen LogP contribution is 2.54. The fourth-order valence-electron chi connectivity index (χ4n) is 1.88. The van der Waals surface area contributed by atoms with Gasteiger partial charge in [0.05, 0.1) is 12.5 Å². The third kappa shape index (κ3) is 4.50. The lowest BCUT2D eigenvalue weighted by Gasteiger charge is -2.23. The van der Waals surface area contributed by atoms with Gasteiger partial charge in [0.15, 0.2) is 5.54 Å². The first-order valence-corrected chi connectivity index (χ1v) is 6.67. The summed E-state index contributed by atoms with van der Waals surface area (Å²) in [7, 11) is 0. The summed E-state index contributed by atoms with van der Waals surface area (Å²) in [5.41, 5.74) is -2.93. The number of esters is 1. The molecular formula is C13H20F3NO4. The first kappa shape index (κ1) is 17.6. The highest BCUT2D eigenvalue weighted by Gasteiger charge is 2.73. The van der Waals surface area contributed by atoms with E-state index in [4.69, 9.17) is 9.47 Å². The number of hydrogen-bond donors (Lipinski definition) is 1. The number of carbonyl (C=O) groups excluding carboxylic acids is 2. The van der Waals surface area contributed by atoms with E-state index in [9.17, 15) is 22.8 Å². The molecule has 8 heteroatoms. The Morgan fingerprint density at radius 1 is 1.29 bits per heavy atom. The molecule has 0 saturated heterocycles. The van der Waals surface area contributed by atoms with Gasteiger partial charge in [-0.15, -0.1) is 0 Å². The number of amides is 1. The largest absolute Gasteiger partial charge is 0.464 e. The van der Waals surface area contributed by atoms with Crippen molar-refractivity contribution in [3.8, 4) is 0 Å². The Labute approximate surface area is 121 Å². The molecule has 5 nitrogen and oxygen atoms in total. The molecule has 0 heterocycles. The average molecular weight is 311 g/mol. The van der Waals surface area contributed by atoms with Crippen LogP contribution >= 0.6 is 0 Å². The van der Waals surface area contributed by atoms with Crippen LogP contribution in [-0.2, 0) is 14.3 Å². The van der Waals surface area contributed by atoms with Crippen molar-refractivity contribution in [2.24, 2.45) is 5.92 Å². The van der Waals surface area contributed by atoms with Gasteiger partial charge in [-0.3, -0.25) is 0 Å². The topological polar surface area (TPSA) is 64.6 Å². The number of alkyl carbamates (subject to hydrolysis) is 1. The molecule has 21 heavy (non-hydrogen) atoms. The lowest BCUT2D eigenvalue weighted by Crippen LogP contribution is -2.49. The summed E-state index contributed by atoms with van der Waals surface area (Å²) in [6, 6.07) is 0. The van der Waals surface area contributed by atoms with E-state index in [1.54, 1.807) is 27.7 Å². The van der Waals surface area contributed by atoms with Gasteiger partial charge >= 0.3 is 18.2 Å². The Morgan fingerprint density at radius 3 is 2.24 bits per heavy atom. The van der Waals surface area contributed by atoms with E-state index in [1.807, 2.05) is 5.32 Å². The predicted molar refractivity (Wildman–Crippen MR) is 67.5 cm³/mol. The van der Waals surface area contributed by atoms with E-state index in [2.05, 4.69) is 0 Å². The minimum atomic E-state index is -4.58. The molecule has 0 aromatic heterocycles. The Morgan fingerprint density at radius 2 is 1.86 bits per heavy atom. The van der Waals surface area contributed by atoms with E-state index in [0.29, 0.717) is 6.42 Å². The van der Waals surface area contributed by atoms with Crippen molar-refractivity contribution in [2.75, 3.05) is 6.61 Å². The molecule has 1 aliphatic carbocycles. The van der Waals surface area contributed by atoms with Crippen molar-refractivity contribution < 1.29 is 32.2 Å². The van der Waals surface area contributed by atoms with Crippen LogP contribution in [0.1, 0.15) is 40.5 Å². The Bertz CT molecular complexity index is 417. The Kier molecular flexibility index (Phi) is 4.80. The number of hydrogen-bond acceptors (Lipinski definition) is 4. The van der Waals surface area contributed by atoms with Gasteiger partial charge in [0.2, 0.25) is 0 Å². The number of rotatable bonds is 4. The number of halogens is 3. The van der Waals surface area contributed by atoms with Gasteiger partial charge in [0, 0.05) is 0 Å². The highest BCUT2D eigenvalue weighted by molar-refractivity contribution is 5.90. The van der Waals surface area contributed by atoms with Crippen LogP contribution in [0.15, 0.2) is 0 Å². The zero-order chi connectivity index (χ0) is 16.5. The number of carbonyl (C=O) groups is 2. The van der Waals surface area contributed by atoms with Gasteiger partial charge in [-0.1, -0.05) is 6.92 Å². The molecule has 1 saturated carbocycles. The molecular weight excluding hydrogens is 291 g/mol. The summed E-state index contributed by atoms with van der Waals surface area (Å²) in [6.45, 7) is 6.44. The third-order valence-corrected chi connectivity index (χ3v) is 2.88. The molecule has 0 spiro atoms. The summed E-state index contributed by atoms with van der Waals surface area (Å²) < 4.78 is 48.1. The van der Waals surface area contributed by atoms with Gasteiger partial charge in [0.25, 0.3) is 0 Å². The number of nitrogens with one attached hydrogen (secondary N) is 1. The first-order valence-electron chi connectivity index (χ1n) is 6.67. The van der Waals surface area contributed by atoms with Crippen LogP contribution in [0.4, 0.5) is 18.0 Å². The highest BCUT2D eigenvalue weighted by atomic mass is 19.4. The zero-order valence-corrected chi connectivity index (χ0v) is 12.5. The van der Waals surface area contributed by atoms with Crippen molar-refractivity contribution in [3.63, 3.8) is 0 Å². The quantitative estimate of drug-likeness (QED) is 0.811. The molecule has 1 rings (SSSR count). The van der Waals surface area contributed by atoms with Crippen LogP contribution in [0, 0.1) is 5.92 Å². The van der Waals surface area contributed by atoms with E-state index >= 15 is 0 Å². The maximum absolute atomic E-state index is 12.8. The molecule has 1 amide bonds. The molecule has 0 radical (unpaired) electrons. The molecule has 1 N–H and O–H groups in total. The maximum atomic E-state index is 12.8. The Hall–Kier alpha value is -1.47. The SMILES string of the molecule is CCCOC(=O)[C@@]1(NC(=O)OC(C)(C)C)CC1C(F)(F)F. The average Bonchev–Trinajstić information content (AvgIpc) is 2.98. The second kappa shape index (κ2) is 5.73. The molecule has 0 aromatic rings. The molecule has 0 aliphatic heterocycles. The fraction of sp³-hybridized carbons (Fsp3) is 0.846. The van der Waals surface area contributed by atoms with Crippen LogP contribution < -0.4 is 5.32 Å². The number of ether oxygens (including phenoxy) is 2. The van der Waals surface area contributed by atoms with Gasteiger partial charge in [-0.2, -0.15) is 13.2 Å². The van der Waals surface area contributed by atoms with E-state index in [0.717, 1.165) is 0 Å². The smallest absolute Gasteiger partial charge is 0.408 e. The zero-order valence-electron chi connectivity index (χ0n) is 12.5. The van der Waals surface area contributed by atoms with E-state index in [1.165, 1.54) is 0 Å². The van der Waals surface area contributed by atoms with Crippen molar-refractivity contribution in [2.45, 2.75) is 57.9 Å². The summed E-state index contributed by atoms with van der Waals surface area (Å²) in [4.78, 5) is 23.5. The minimum Gasteiger partial charge on any atom is -0.464 e. The Balaban J connectivity index is 2.81. The van der Waals surface area contributed by atoms with Crippen molar-refractivity contribution >= 4 is 12.1 Å². The normalized spacial score (nSPS) is 25.2. The minimum absolute atomic E-state index is 0.00115. The fourth-order valence-corrected chi connectivity index (χ4v) is 1.88. The summed E-state index contributed by atoms with van der Waals surface area (Å²) in [6.07, 6.45) is -5.70. The summed E-state index contributed by atoms with van der Waals surface area (Å²) >= 11 is 0. The van der Waals surface area contributed by atoms with Gasteiger partial charge in [-0.05, 0) is 33.6 Å². The predicted octanol–water partition coefficient (Wildman–Crippen LogP) is 2.79. The second-order valence-corrected chi connectivity index (χ2v) is 6.03. The van der Waals surface area contributed by atoms with Crippen LogP contribution in [0.3, 0.4) is 0 Å². The van der Waals surface area contributed by atoms with Crippen molar-refractivity contribution in [1.29, 1.82) is 0 Å². The van der Waals surface area contributed by atoms with E-state index in [-0.39, 0.29) is 6.61 Å². The summed E-state index contributed by atoms with van der Waals surface area (Å²) in [5, 5.41) is 2.03. The first-order chi connectivity index (χ1) is 9.42. The van der Waals surface area contributed by atoms with Gasteiger partial charge in [-0.25, -0.2) is 9.59 Å². The van der Waals surface area contributed by atoms with Crippen LogP contribution in [0.5, 0.6) is 0 Å². The lowest BCUT2D eigenvalue weighted by atomic mass is 10.2. The molecule has 0 aromatic carbocycles. The summed E-state index contributed by atoms with van der Waals surface area (Å²) in [5.74, 6) is -3.01. The van der Waals surface area contributed by atoms with Crippen molar-refractivity contribution in [3.05, 3.63) is 0 Å².